The van der Waals surface area contributed by atoms with Gasteiger partial charge in [0.15, 0.2) is 13.5 Å². The Bertz CT molecular complexity index is 1320. The molecule has 182 valence electrons. The predicted molar refractivity (Wildman–Crippen MR) is 151 cm³/mol. The van der Waals surface area contributed by atoms with Crippen molar-refractivity contribution in [2.75, 3.05) is 23.3 Å². The monoisotopic (exact) mass is 512 g/mol. The number of hydrogen-bond donors (Lipinski definition) is 2. The van der Waals surface area contributed by atoms with E-state index >= 15 is 0 Å². The fourth-order valence-electron chi connectivity index (χ4n) is 5.03. The summed E-state index contributed by atoms with van der Waals surface area (Å²) < 4.78 is 12.2. The van der Waals surface area contributed by atoms with E-state index in [1.807, 2.05) is 36.4 Å². The van der Waals surface area contributed by atoms with Crippen LogP contribution in [0.2, 0.25) is 0 Å². The lowest BCUT2D eigenvalue weighted by Gasteiger charge is -2.33. The largest absolute Gasteiger partial charge is 0.473 e. The molecule has 0 amide bonds. The third-order valence-corrected chi connectivity index (χ3v) is 7.84. The van der Waals surface area contributed by atoms with E-state index in [9.17, 15) is 0 Å². The SMILES string of the molecule is CC(c1ccc2c(c1)CN(c1ccccc1S)CO2)c1ccc2c(c1)CN(c1ccccc1S)CO2. The van der Waals surface area contributed by atoms with Crippen LogP contribution in [-0.2, 0) is 13.1 Å². The average molecular weight is 513 g/mol. The van der Waals surface area contributed by atoms with E-state index in [1.54, 1.807) is 0 Å². The van der Waals surface area contributed by atoms with E-state index in [4.69, 9.17) is 9.47 Å². The molecule has 2 aliphatic heterocycles. The van der Waals surface area contributed by atoms with Crippen LogP contribution in [0.1, 0.15) is 35.1 Å². The molecule has 0 spiro atoms. The minimum Gasteiger partial charge on any atom is -0.473 e. The standard InChI is InChI=1S/C30H28N2O2S2/c1-20(21-10-12-27-23(14-21)16-31(18-33-27)25-6-2-4-8-29(25)35)22-11-13-28-24(15-22)17-32(19-34-28)26-7-3-5-9-30(26)36/h2-15,20,35-36H,16-19H2,1H3. The Balaban J connectivity index is 1.25. The molecule has 0 aliphatic carbocycles. The van der Waals surface area contributed by atoms with Crippen LogP contribution in [-0.4, -0.2) is 13.5 Å². The highest BCUT2D eigenvalue weighted by atomic mass is 32.1. The maximum atomic E-state index is 6.09. The van der Waals surface area contributed by atoms with Crippen LogP contribution < -0.4 is 19.3 Å². The van der Waals surface area contributed by atoms with Crippen molar-refractivity contribution in [2.24, 2.45) is 0 Å². The Hall–Kier alpha value is -3.22. The van der Waals surface area contributed by atoms with Crippen molar-refractivity contribution < 1.29 is 9.47 Å². The number of fused-ring (bicyclic) bond motifs is 2. The summed E-state index contributed by atoms with van der Waals surface area (Å²) in [5.74, 6) is 2.15. The van der Waals surface area contributed by atoms with Crippen molar-refractivity contribution in [1.82, 2.24) is 0 Å². The first kappa shape index (κ1) is 23.2. The molecular formula is C30H28N2O2S2. The molecule has 4 aromatic carbocycles. The summed E-state index contributed by atoms with van der Waals surface area (Å²) in [5.41, 5.74) is 7.11. The van der Waals surface area contributed by atoms with E-state index in [0.29, 0.717) is 13.5 Å². The maximum Gasteiger partial charge on any atom is 0.161 e. The molecule has 6 rings (SSSR count). The third kappa shape index (κ3) is 4.40. The van der Waals surface area contributed by atoms with Gasteiger partial charge < -0.3 is 19.3 Å². The topological polar surface area (TPSA) is 24.9 Å². The molecule has 4 nitrogen and oxygen atoms in total. The van der Waals surface area contributed by atoms with E-state index < -0.39 is 0 Å². The van der Waals surface area contributed by atoms with Crippen molar-refractivity contribution in [3.05, 3.63) is 107 Å². The number of thiol groups is 2. The minimum atomic E-state index is 0.237. The van der Waals surface area contributed by atoms with Gasteiger partial charge in [0.25, 0.3) is 0 Å². The Morgan fingerprint density at radius 3 is 1.53 bits per heavy atom. The molecule has 0 saturated heterocycles. The van der Waals surface area contributed by atoms with Gasteiger partial charge in [-0.05, 0) is 59.7 Å². The Morgan fingerprint density at radius 2 is 1.08 bits per heavy atom. The van der Waals surface area contributed by atoms with Gasteiger partial charge in [0.2, 0.25) is 0 Å². The first-order valence-corrected chi connectivity index (χ1v) is 13.0. The first-order chi connectivity index (χ1) is 17.6. The van der Waals surface area contributed by atoms with Gasteiger partial charge in [-0.25, -0.2) is 0 Å². The number of nitrogens with zero attached hydrogens (tertiary/aromatic N) is 2. The Morgan fingerprint density at radius 1 is 0.639 bits per heavy atom. The maximum absolute atomic E-state index is 6.09. The molecule has 0 saturated carbocycles. The van der Waals surface area contributed by atoms with Crippen LogP contribution >= 0.6 is 25.3 Å². The minimum absolute atomic E-state index is 0.237. The van der Waals surface area contributed by atoms with E-state index in [1.165, 1.54) is 22.3 Å². The molecule has 0 bridgehead atoms. The van der Waals surface area contributed by atoms with Gasteiger partial charge in [0.05, 0.1) is 11.4 Å². The fourth-order valence-corrected chi connectivity index (χ4v) is 5.63. The smallest absolute Gasteiger partial charge is 0.161 e. The summed E-state index contributed by atoms with van der Waals surface area (Å²) in [6, 6.07) is 29.5. The van der Waals surface area contributed by atoms with Gasteiger partial charge in [-0.1, -0.05) is 43.3 Å². The summed E-state index contributed by atoms with van der Waals surface area (Å²) in [7, 11) is 0. The van der Waals surface area contributed by atoms with Crippen LogP contribution in [0.15, 0.2) is 94.7 Å². The molecule has 2 aliphatic rings. The predicted octanol–water partition coefficient (Wildman–Crippen LogP) is 7.13. The fraction of sp³-hybridized carbons (Fsp3) is 0.200. The lowest BCUT2D eigenvalue weighted by Crippen LogP contribution is -2.32. The third-order valence-electron chi connectivity index (χ3n) is 7.09. The number of benzene rings is 4. The van der Waals surface area contributed by atoms with Gasteiger partial charge in [0.1, 0.15) is 11.5 Å². The molecule has 2 heterocycles. The second-order valence-corrected chi connectivity index (χ2v) is 10.3. The van der Waals surface area contributed by atoms with Crippen LogP contribution in [0.4, 0.5) is 11.4 Å². The second-order valence-electron chi connectivity index (χ2n) is 9.38. The zero-order chi connectivity index (χ0) is 24.6. The Kier molecular flexibility index (Phi) is 6.23. The van der Waals surface area contributed by atoms with Crippen molar-refractivity contribution in [3.63, 3.8) is 0 Å². The van der Waals surface area contributed by atoms with Gasteiger partial charge in [-0.2, -0.15) is 0 Å². The van der Waals surface area contributed by atoms with Crippen molar-refractivity contribution in [2.45, 2.75) is 35.7 Å². The second kappa shape index (κ2) is 9.68. The number of anilines is 2. The zero-order valence-electron chi connectivity index (χ0n) is 20.1. The summed E-state index contributed by atoms with van der Waals surface area (Å²) in [6.07, 6.45) is 0. The highest BCUT2D eigenvalue weighted by Gasteiger charge is 2.23. The normalized spacial score (nSPS) is 14.7. The Labute approximate surface area is 223 Å². The van der Waals surface area contributed by atoms with Crippen molar-refractivity contribution in [1.29, 1.82) is 0 Å². The van der Waals surface area contributed by atoms with E-state index in [2.05, 4.69) is 90.5 Å². The quantitative estimate of drug-likeness (QED) is 0.284. The molecule has 0 radical (unpaired) electrons. The molecule has 0 fully saturated rings. The van der Waals surface area contributed by atoms with Gasteiger partial charge in [-0.15, -0.1) is 25.3 Å². The summed E-state index contributed by atoms with van der Waals surface area (Å²) in [5, 5.41) is 0. The number of rotatable bonds is 4. The van der Waals surface area contributed by atoms with Gasteiger partial charge in [0, 0.05) is 39.9 Å². The zero-order valence-corrected chi connectivity index (χ0v) is 21.9. The number of hydrogen-bond acceptors (Lipinski definition) is 6. The van der Waals surface area contributed by atoms with Crippen LogP contribution in [0, 0.1) is 0 Å². The summed E-state index contributed by atoms with van der Waals surface area (Å²) in [4.78, 5) is 6.37. The highest BCUT2D eigenvalue weighted by molar-refractivity contribution is 7.80. The number of ether oxygens (including phenoxy) is 2. The molecule has 0 atom stereocenters. The lowest BCUT2D eigenvalue weighted by atomic mass is 9.90. The molecule has 0 unspecified atom stereocenters. The molecule has 4 aromatic rings. The molecule has 36 heavy (non-hydrogen) atoms. The lowest BCUT2D eigenvalue weighted by molar-refractivity contribution is 0.288. The average Bonchev–Trinajstić information content (AvgIpc) is 2.92. The van der Waals surface area contributed by atoms with Gasteiger partial charge in [-0.3, -0.25) is 0 Å². The van der Waals surface area contributed by atoms with E-state index in [-0.39, 0.29) is 5.92 Å². The van der Waals surface area contributed by atoms with Crippen LogP contribution in [0.25, 0.3) is 0 Å². The number of para-hydroxylation sites is 2. The first-order valence-electron chi connectivity index (χ1n) is 12.1. The van der Waals surface area contributed by atoms with E-state index in [0.717, 1.165) is 45.8 Å². The van der Waals surface area contributed by atoms with Crippen molar-refractivity contribution >= 4 is 36.6 Å². The molecular weight excluding hydrogens is 484 g/mol. The molecule has 6 heteroatoms. The summed E-state index contributed by atoms with van der Waals surface area (Å²) in [6.45, 7) is 4.90. The summed E-state index contributed by atoms with van der Waals surface area (Å²) >= 11 is 9.28. The molecule has 0 aromatic heterocycles. The van der Waals surface area contributed by atoms with Gasteiger partial charge >= 0.3 is 0 Å². The highest BCUT2D eigenvalue weighted by Crippen LogP contribution is 2.37. The van der Waals surface area contributed by atoms with Crippen molar-refractivity contribution in [3.8, 4) is 11.5 Å². The van der Waals surface area contributed by atoms with Crippen LogP contribution in [0.5, 0.6) is 11.5 Å². The molecule has 0 N–H and O–H groups in total. The van der Waals surface area contributed by atoms with Crippen LogP contribution in [0.3, 0.4) is 0 Å².